The van der Waals surface area contributed by atoms with E-state index in [1.54, 1.807) is 18.7 Å². The minimum absolute atomic E-state index is 0.256. The van der Waals surface area contributed by atoms with Crippen molar-refractivity contribution in [2.45, 2.75) is 13.8 Å². The molecular formula is C11H17N3O2. The number of nitrogens with zero attached hydrogens (tertiary/aromatic N) is 3. The molecular weight excluding hydrogens is 206 g/mol. The topological polar surface area (TPSA) is 58.4 Å². The summed E-state index contributed by atoms with van der Waals surface area (Å²) in [6, 6.07) is 0. The second-order valence-electron chi connectivity index (χ2n) is 4.03. The van der Waals surface area contributed by atoms with Crippen LogP contribution in [0.1, 0.15) is 23.0 Å². The van der Waals surface area contributed by atoms with Crippen LogP contribution < -0.4 is 4.90 Å². The maximum Gasteiger partial charge on any atom is 0.341 e. The molecule has 0 atom stereocenters. The zero-order chi connectivity index (χ0) is 12.5. The molecule has 0 aliphatic rings. The van der Waals surface area contributed by atoms with E-state index < -0.39 is 5.97 Å². The van der Waals surface area contributed by atoms with Gasteiger partial charge < -0.3 is 10.0 Å². The highest BCUT2D eigenvalue weighted by atomic mass is 16.4. The van der Waals surface area contributed by atoms with Crippen molar-refractivity contribution in [2.24, 2.45) is 7.05 Å². The minimum Gasteiger partial charge on any atom is -0.477 e. The summed E-state index contributed by atoms with van der Waals surface area (Å²) in [4.78, 5) is 13.0. The van der Waals surface area contributed by atoms with Crippen LogP contribution in [-0.4, -0.2) is 34.4 Å². The first-order valence-electron chi connectivity index (χ1n) is 4.97. The molecule has 0 amide bonds. The van der Waals surface area contributed by atoms with Gasteiger partial charge in [0.15, 0.2) is 0 Å². The maximum atomic E-state index is 11.1. The van der Waals surface area contributed by atoms with Crippen LogP contribution in [0.15, 0.2) is 12.2 Å². The van der Waals surface area contributed by atoms with Gasteiger partial charge in [0.05, 0.1) is 5.69 Å². The van der Waals surface area contributed by atoms with Gasteiger partial charge in [0.25, 0.3) is 0 Å². The Morgan fingerprint density at radius 3 is 2.62 bits per heavy atom. The van der Waals surface area contributed by atoms with Crippen LogP contribution in [-0.2, 0) is 7.05 Å². The number of aromatic nitrogens is 2. The molecule has 0 radical (unpaired) electrons. The smallest absolute Gasteiger partial charge is 0.341 e. The number of aryl methyl sites for hydroxylation is 2. The van der Waals surface area contributed by atoms with E-state index in [9.17, 15) is 4.79 Å². The fourth-order valence-corrected chi connectivity index (χ4v) is 1.81. The highest BCUT2D eigenvalue weighted by molar-refractivity contribution is 5.94. The van der Waals surface area contributed by atoms with E-state index in [2.05, 4.69) is 11.7 Å². The third-order valence-corrected chi connectivity index (χ3v) is 2.27. The van der Waals surface area contributed by atoms with E-state index >= 15 is 0 Å². The Kier molecular flexibility index (Phi) is 3.37. The van der Waals surface area contributed by atoms with Gasteiger partial charge in [-0.1, -0.05) is 12.2 Å². The molecule has 0 bridgehead atoms. The highest BCUT2D eigenvalue weighted by Gasteiger charge is 2.22. The number of rotatable bonds is 4. The van der Waals surface area contributed by atoms with Gasteiger partial charge in [-0.15, -0.1) is 0 Å². The summed E-state index contributed by atoms with van der Waals surface area (Å²) in [5.41, 5.74) is 1.75. The van der Waals surface area contributed by atoms with Crippen LogP contribution in [0, 0.1) is 6.92 Å². The molecule has 0 fully saturated rings. The molecule has 1 rings (SSSR count). The zero-order valence-electron chi connectivity index (χ0n) is 10.1. The molecule has 0 saturated carbocycles. The monoisotopic (exact) mass is 223 g/mol. The summed E-state index contributed by atoms with van der Waals surface area (Å²) in [7, 11) is 3.57. The quantitative estimate of drug-likeness (QED) is 0.785. The second-order valence-corrected chi connectivity index (χ2v) is 4.03. The first-order valence-corrected chi connectivity index (χ1v) is 4.97. The molecule has 16 heavy (non-hydrogen) atoms. The van der Waals surface area contributed by atoms with Gasteiger partial charge in [-0.2, -0.15) is 5.10 Å². The van der Waals surface area contributed by atoms with Crippen LogP contribution in [0.25, 0.3) is 0 Å². The lowest BCUT2D eigenvalue weighted by molar-refractivity contribution is 0.0697. The molecule has 5 nitrogen and oxygen atoms in total. The average Bonchev–Trinajstić information content (AvgIpc) is 2.39. The van der Waals surface area contributed by atoms with Gasteiger partial charge in [0.1, 0.15) is 11.4 Å². The van der Waals surface area contributed by atoms with Crippen molar-refractivity contribution in [2.75, 3.05) is 18.5 Å². The van der Waals surface area contributed by atoms with E-state index in [4.69, 9.17) is 5.11 Å². The molecule has 0 aliphatic heterocycles. The van der Waals surface area contributed by atoms with Crippen molar-refractivity contribution in [3.63, 3.8) is 0 Å². The molecule has 0 saturated heterocycles. The molecule has 0 aromatic carbocycles. The van der Waals surface area contributed by atoms with Crippen molar-refractivity contribution < 1.29 is 9.90 Å². The summed E-state index contributed by atoms with van der Waals surface area (Å²) >= 11 is 0. The summed E-state index contributed by atoms with van der Waals surface area (Å²) < 4.78 is 1.59. The number of anilines is 1. The molecule has 0 unspecified atom stereocenters. The van der Waals surface area contributed by atoms with E-state index in [-0.39, 0.29) is 5.56 Å². The number of likely N-dealkylation sites (N-methyl/N-ethyl adjacent to an activating group) is 1. The summed E-state index contributed by atoms with van der Waals surface area (Å²) in [6.07, 6.45) is 0. The Morgan fingerprint density at radius 1 is 1.62 bits per heavy atom. The van der Waals surface area contributed by atoms with Gasteiger partial charge in [0, 0.05) is 20.6 Å². The molecule has 0 spiro atoms. The van der Waals surface area contributed by atoms with Gasteiger partial charge in [0.2, 0.25) is 0 Å². The Hall–Kier alpha value is -1.78. The molecule has 1 N–H and O–H groups in total. The van der Waals surface area contributed by atoms with Gasteiger partial charge in [-0.05, 0) is 13.8 Å². The van der Waals surface area contributed by atoms with Crippen LogP contribution in [0.4, 0.5) is 5.82 Å². The third-order valence-electron chi connectivity index (χ3n) is 2.27. The fourth-order valence-electron chi connectivity index (χ4n) is 1.81. The number of hydrogen-bond acceptors (Lipinski definition) is 3. The van der Waals surface area contributed by atoms with E-state index in [0.29, 0.717) is 18.1 Å². The first-order chi connectivity index (χ1) is 7.34. The standard InChI is InChI=1S/C11H17N3O2/c1-7(2)6-13(4)10-9(11(15)16)8(3)12-14(10)5/h1,6H2,2-5H3,(H,15,16). The van der Waals surface area contributed by atoms with Gasteiger partial charge in [-0.3, -0.25) is 4.68 Å². The predicted octanol–water partition coefficient (Wildman–Crippen LogP) is 1.44. The van der Waals surface area contributed by atoms with Crippen molar-refractivity contribution in [1.29, 1.82) is 0 Å². The lowest BCUT2D eigenvalue weighted by Gasteiger charge is -2.19. The Bertz CT molecular complexity index is 435. The van der Waals surface area contributed by atoms with Crippen molar-refractivity contribution >= 4 is 11.8 Å². The van der Waals surface area contributed by atoms with Crippen molar-refractivity contribution in [3.8, 4) is 0 Å². The molecule has 5 heteroatoms. The highest BCUT2D eigenvalue weighted by Crippen LogP contribution is 2.22. The largest absolute Gasteiger partial charge is 0.477 e. The van der Waals surface area contributed by atoms with Gasteiger partial charge >= 0.3 is 5.97 Å². The maximum absolute atomic E-state index is 11.1. The Balaban J connectivity index is 3.21. The fraction of sp³-hybridized carbons (Fsp3) is 0.455. The summed E-state index contributed by atoms with van der Waals surface area (Å²) in [5.74, 6) is -0.345. The molecule has 0 aliphatic carbocycles. The normalized spacial score (nSPS) is 10.2. The minimum atomic E-state index is -0.950. The Labute approximate surface area is 95.0 Å². The first kappa shape index (κ1) is 12.3. The van der Waals surface area contributed by atoms with Crippen LogP contribution in [0.3, 0.4) is 0 Å². The van der Waals surface area contributed by atoms with Gasteiger partial charge in [-0.25, -0.2) is 4.79 Å². The summed E-state index contributed by atoms with van der Waals surface area (Å²) in [6.45, 7) is 8.02. The number of carbonyl (C=O) groups is 1. The average molecular weight is 223 g/mol. The third kappa shape index (κ3) is 2.24. The molecule has 1 aromatic rings. The van der Waals surface area contributed by atoms with Crippen molar-refractivity contribution in [3.05, 3.63) is 23.4 Å². The number of carboxylic acids is 1. The predicted molar refractivity (Wildman–Crippen MR) is 63.0 cm³/mol. The summed E-state index contributed by atoms with van der Waals surface area (Å²) in [5, 5.41) is 13.3. The number of hydrogen-bond donors (Lipinski definition) is 1. The van der Waals surface area contributed by atoms with E-state index in [1.807, 2.05) is 18.9 Å². The molecule has 1 heterocycles. The number of aromatic carboxylic acids is 1. The van der Waals surface area contributed by atoms with Crippen LogP contribution >= 0.6 is 0 Å². The van der Waals surface area contributed by atoms with E-state index in [1.165, 1.54) is 0 Å². The second kappa shape index (κ2) is 4.38. The lowest BCUT2D eigenvalue weighted by atomic mass is 10.2. The Morgan fingerprint density at radius 2 is 2.19 bits per heavy atom. The molecule has 88 valence electrons. The van der Waals surface area contributed by atoms with E-state index in [0.717, 1.165) is 5.57 Å². The zero-order valence-corrected chi connectivity index (χ0v) is 10.1. The molecule has 1 aromatic heterocycles. The van der Waals surface area contributed by atoms with Crippen LogP contribution in [0.2, 0.25) is 0 Å². The SMILES string of the molecule is C=C(C)CN(C)c1c(C(=O)O)c(C)nn1C. The van der Waals surface area contributed by atoms with Crippen LogP contribution in [0.5, 0.6) is 0 Å². The number of carboxylic acid groups (broad SMARTS) is 1. The van der Waals surface area contributed by atoms with Crippen molar-refractivity contribution in [1.82, 2.24) is 9.78 Å². The lowest BCUT2D eigenvalue weighted by Crippen LogP contribution is -2.23.